The minimum Gasteiger partial charge on any atom is -0.265 e. The lowest BCUT2D eigenvalue weighted by Gasteiger charge is -1.93. The molecule has 2 atom stereocenters. The predicted octanol–water partition coefficient (Wildman–Crippen LogP) is 2.37. The highest BCUT2D eigenvalue weighted by molar-refractivity contribution is 14.1. The molecule has 0 N–H and O–H groups in total. The molecule has 0 spiro atoms. The molecule has 1 fully saturated rings. The smallest absolute Gasteiger partial charge is 0.0270 e. The summed E-state index contributed by atoms with van der Waals surface area (Å²) in [4.78, 5) is 3.98. The van der Waals surface area contributed by atoms with Gasteiger partial charge in [0.05, 0.1) is 0 Å². The summed E-state index contributed by atoms with van der Waals surface area (Å²) < 4.78 is 0.875. The van der Waals surface area contributed by atoms with Gasteiger partial charge in [0.15, 0.2) is 0 Å². The molecule has 1 nitrogen and oxygen atoms in total. The zero-order valence-electron chi connectivity index (χ0n) is 5.50. The molecule has 1 aliphatic carbocycles. The Morgan fingerprint density at radius 3 is 2.50 bits per heavy atom. The number of halogens is 1. The van der Waals surface area contributed by atoms with Gasteiger partial charge in [-0.25, -0.2) is 0 Å². The van der Waals surface area contributed by atoms with Crippen LogP contribution >= 0.6 is 22.6 Å². The molecule has 2 heteroatoms. The summed E-state index contributed by atoms with van der Waals surface area (Å²) in [6, 6.07) is 4.23. The van der Waals surface area contributed by atoms with Crippen molar-refractivity contribution in [3.63, 3.8) is 0 Å². The van der Waals surface area contributed by atoms with Crippen molar-refractivity contribution >= 4 is 22.6 Å². The van der Waals surface area contributed by atoms with Gasteiger partial charge < -0.3 is 0 Å². The fourth-order valence-electron chi connectivity index (χ4n) is 1.12. The van der Waals surface area contributed by atoms with E-state index in [1.165, 1.54) is 12.0 Å². The van der Waals surface area contributed by atoms with E-state index < -0.39 is 0 Å². The Balaban J connectivity index is 2.20. The number of rotatable bonds is 1. The second-order valence-corrected chi connectivity index (χ2v) is 4.24. The molecule has 1 heterocycles. The van der Waals surface area contributed by atoms with Crippen LogP contribution in [0.5, 0.6) is 0 Å². The van der Waals surface area contributed by atoms with Crippen LogP contribution < -0.4 is 0 Å². The van der Waals surface area contributed by atoms with Crippen molar-refractivity contribution < 1.29 is 0 Å². The van der Waals surface area contributed by atoms with E-state index in [2.05, 4.69) is 39.7 Å². The summed E-state index contributed by atoms with van der Waals surface area (Å²) in [7, 11) is 0. The summed E-state index contributed by atoms with van der Waals surface area (Å²) in [5, 5.41) is 0. The van der Waals surface area contributed by atoms with Gasteiger partial charge in [0.2, 0.25) is 0 Å². The molecule has 1 aromatic heterocycles. The minimum absolute atomic E-state index is 0.823. The quantitative estimate of drug-likeness (QED) is 0.546. The molecular weight excluding hydrogens is 237 g/mol. The minimum atomic E-state index is 0.823. The van der Waals surface area contributed by atoms with Gasteiger partial charge in [-0.3, -0.25) is 4.98 Å². The topological polar surface area (TPSA) is 12.9 Å². The highest BCUT2D eigenvalue weighted by atomic mass is 127. The fourth-order valence-corrected chi connectivity index (χ4v) is 2.08. The first-order valence-electron chi connectivity index (χ1n) is 3.42. The van der Waals surface area contributed by atoms with Crippen LogP contribution in [0.15, 0.2) is 24.5 Å². The number of hydrogen-bond acceptors (Lipinski definition) is 1. The summed E-state index contributed by atoms with van der Waals surface area (Å²) in [6.07, 6.45) is 5.10. The van der Waals surface area contributed by atoms with Gasteiger partial charge in [0, 0.05) is 16.3 Å². The molecule has 0 aliphatic heterocycles. The number of alkyl halides is 1. The van der Waals surface area contributed by atoms with Crippen molar-refractivity contribution in [2.75, 3.05) is 0 Å². The summed E-state index contributed by atoms with van der Waals surface area (Å²) in [6.45, 7) is 0. The van der Waals surface area contributed by atoms with Crippen molar-refractivity contribution in [1.29, 1.82) is 0 Å². The molecule has 0 aromatic carbocycles. The average molecular weight is 245 g/mol. The highest BCUT2D eigenvalue weighted by Crippen LogP contribution is 2.46. The second kappa shape index (κ2) is 2.49. The SMILES string of the molecule is IC1CC1c1ccncc1. The Labute approximate surface area is 74.0 Å². The van der Waals surface area contributed by atoms with Gasteiger partial charge in [0.1, 0.15) is 0 Å². The van der Waals surface area contributed by atoms with E-state index in [0.717, 1.165) is 9.84 Å². The standard InChI is InChI=1S/C8H8IN/c9-8-5-7(8)6-1-3-10-4-2-6/h1-4,7-8H,5H2. The van der Waals surface area contributed by atoms with Gasteiger partial charge in [0.25, 0.3) is 0 Å². The molecular formula is C8H8IN. The monoisotopic (exact) mass is 245 g/mol. The van der Waals surface area contributed by atoms with E-state index in [0.29, 0.717) is 0 Å². The van der Waals surface area contributed by atoms with Crippen LogP contribution in [0.1, 0.15) is 17.9 Å². The summed E-state index contributed by atoms with van der Waals surface area (Å²) in [5.74, 6) is 0.823. The van der Waals surface area contributed by atoms with Gasteiger partial charge in [-0.1, -0.05) is 22.6 Å². The predicted molar refractivity (Wildman–Crippen MR) is 49.4 cm³/mol. The number of nitrogens with zero attached hydrogens (tertiary/aromatic N) is 1. The Kier molecular flexibility index (Phi) is 1.64. The maximum atomic E-state index is 3.98. The molecule has 0 saturated heterocycles. The van der Waals surface area contributed by atoms with Crippen LogP contribution in [0.2, 0.25) is 0 Å². The average Bonchev–Trinajstić information content (AvgIpc) is 2.69. The summed E-state index contributed by atoms with van der Waals surface area (Å²) in [5.41, 5.74) is 1.45. The van der Waals surface area contributed by atoms with Crippen LogP contribution in [0, 0.1) is 0 Å². The molecule has 0 bridgehead atoms. The third-order valence-electron chi connectivity index (χ3n) is 1.85. The lowest BCUT2D eigenvalue weighted by atomic mass is 10.2. The number of pyridine rings is 1. The van der Waals surface area contributed by atoms with Gasteiger partial charge in [-0.2, -0.15) is 0 Å². The Hall–Kier alpha value is -0.120. The molecule has 1 saturated carbocycles. The molecule has 1 aliphatic rings. The lowest BCUT2D eigenvalue weighted by Crippen LogP contribution is -1.80. The van der Waals surface area contributed by atoms with Crippen molar-refractivity contribution in [3.8, 4) is 0 Å². The molecule has 1 aromatic rings. The first kappa shape index (κ1) is 6.58. The maximum Gasteiger partial charge on any atom is 0.0270 e. The van der Waals surface area contributed by atoms with Gasteiger partial charge >= 0.3 is 0 Å². The van der Waals surface area contributed by atoms with Gasteiger partial charge in [-0.15, -0.1) is 0 Å². The van der Waals surface area contributed by atoms with Crippen molar-refractivity contribution in [2.45, 2.75) is 16.3 Å². The second-order valence-electron chi connectivity index (χ2n) is 2.64. The zero-order chi connectivity index (χ0) is 6.97. The van der Waals surface area contributed by atoms with Crippen LogP contribution in [0.3, 0.4) is 0 Å². The van der Waals surface area contributed by atoms with Crippen molar-refractivity contribution in [2.24, 2.45) is 0 Å². The first-order valence-corrected chi connectivity index (χ1v) is 4.66. The van der Waals surface area contributed by atoms with E-state index in [-0.39, 0.29) is 0 Å². The Morgan fingerprint density at radius 1 is 1.40 bits per heavy atom. The Morgan fingerprint density at radius 2 is 2.00 bits per heavy atom. The van der Waals surface area contributed by atoms with Crippen LogP contribution in [-0.2, 0) is 0 Å². The van der Waals surface area contributed by atoms with Gasteiger partial charge in [-0.05, 0) is 30.0 Å². The largest absolute Gasteiger partial charge is 0.265 e. The normalized spacial score (nSPS) is 30.1. The van der Waals surface area contributed by atoms with E-state index in [1.54, 1.807) is 0 Å². The van der Waals surface area contributed by atoms with Crippen LogP contribution in [-0.4, -0.2) is 8.91 Å². The van der Waals surface area contributed by atoms with E-state index >= 15 is 0 Å². The highest BCUT2D eigenvalue weighted by Gasteiger charge is 2.35. The number of aromatic nitrogens is 1. The van der Waals surface area contributed by atoms with Crippen molar-refractivity contribution in [3.05, 3.63) is 30.1 Å². The molecule has 2 unspecified atom stereocenters. The molecule has 52 valence electrons. The van der Waals surface area contributed by atoms with Crippen molar-refractivity contribution in [1.82, 2.24) is 4.98 Å². The van der Waals surface area contributed by atoms with E-state index in [9.17, 15) is 0 Å². The van der Waals surface area contributed by atoms with Crippen LogP contribution in [0.4, 0.5) is 0 Å². The van der Waals surface area contributed by atoms with E-state index in [1.807, 2.05) is 12.4 Å². The van der Waals surface area contributed by atoms with Crippen LogP contribution in [0.25, 0.3) is 0 Å². The zero-order valence-corrected chi connectivity index (χ0v) is 7.65. The lowest BCUT2D eigenvalue weighted by molar-refractivity contribution is 1.12. The number of hydrogen-bond donors (Lipinski definition) is 0. The first-order chi connectivity index (χ1) is 4.88. The molecule has 0 amide bonds. The fraction of sp³-hybridized carbons (Fsp3) is 0.375. The van der Waals surface area contributed by atoms with E-state index in [4.69, 9.17) is 0 Å². The molecule has 2 rings (SSSR count). The Bertz CT molecular complexity index is 222. The third-order valence-corrected chi connectivity index (χ3v) is 3.22. The maximum absolute atomic E-state index is 3.98. The molecule has 10 heavy (non-hydrogen) atoms. The summed E-state index contributed by atoms with van der Waals surface area (Å²) >= 11 is 2.50. The third kappa shape index (κ3) is 1.17. The molecule has 0 radical (unpaired) electrons.